The second-order valence-corrected chi connectivity index (χ2v) is 7.10. The highest BCUT2D eigenvalue weighted by Crippen LogP contribution is 2.22. The van der Waals surface area contributed by atoms with Gasteiger partial charge in [-0.15, -0.1) is 0 Å². The van der Waals surface area contributed by atoms with Crippen molar-refractivity contribution >= 4 is 5.78 Å². The van der Waals surface area contributed by atoms with E-state index in [0.717, 1.165) is 0 Å². The number of carbonyl (C=O) groups is 1. The molecule has 3 heteroatoms. The molecule has 1 aromatic carbocycles. The quantitative estimate of drug-likeness (QED) is 0.814. The molecule has 0 radical (unpaired) electrons. The second-order valence-electron chi connectivity index (χ2n) is 7.10. The van der Waals surface area contributed by atoms with Crippen LogP contribution in [-0.2, 0) is 5.41 Å². The Morgan fingerprint density at radius 2 is 1.65 bits per heavy atom. The van der Waals surface area contributed by atoms with Crippen LogP contribution in [0.3, 0.4) is 0 Å². The first-order valence-electron chi connectivity index (χ1n) is 7.10. The van der Waals surface area contributed by atoms with E-state index in [0.29, 0.717) is 5.56 Å². The number of rotatable bonds is 5. The molecule has 112 valence electrons. The lowest BCUT2D eigenvalue weighted by atomic mass is 9.86. The summed E-state index contributed by atoms with van der Waals surface area (Å²) in [6.07, 6.45) is 0. The summed E-state index contributed by atoms with van der Waals surface area (Å²) in [5.41, 5.74) is 1.54. The average Bonchev–Trinajstić information content (AvgIpc) is 2.36. The molecular formula is C17H27NO2. The molecule has 2 N–H and O–H groups in total. The number of benzene rings is 1. The summed E-state index contributed by atoms with van der Waals surface area (Å²) in [6, 6.07) is 7.46. The van der Waals surface area contributed by atoms with Gasteiger partial charge in [-0.3, -0.25) is 4.79 Å². The second kappa shape index (κ2) is 6.06. The zero-order valence-electron chi connectivity index (χ0n) is 13.4. The predicted octanol–water partition coefficient (Wildman–Crippen LogP) is 2.92. The third-order valence-electron chi connectivity index (χ3n) is 3.43. The molecule has 3 nitrogen and oxygen atoms in total. The van der Waals surface area contributed by atoms with Gasteiger partial charge in [0.05, 0.1) is 12.6 Å². The maximum absolute atomic E-state index is 12.4. The first kappa shape index (κ1) is 16.9. The van der Waals surface area contributed by atoms with Crippen molar-refractivity contribution in [2.75, 3.05) is 6.61 Å². The lowest BCUT2D eigenvalue weighted by Gasteiger charge is -2.27. The van der Waals surface area contributed by atoms with Crippen molar-refractivity contribution < 1.29 is 9.90 Å². The molecule has 0 heterocycles. The van der Waals surface area contributed by atoms with Gasteiger partial charge in [-0.05, 0) is 31.7 Å². The molecule has 1 unspecified atom stereocenters. The molecule has 0 spiro atoms. The Morgan fingerprint density at radius 3 is 2.05 bits per heavy atom. The summed E-state index contributed by atoms with van der Waals surface area (Å²) in [6.45, 7) is 12.0. The van der Waals surface area contributed by atoms with Crippen LogP contribution in [0.25, 0.3) is 0 Å². The van der Waals surface area contributed by atoms with E-state index in [9.17, 15) is 9.90 Å². The smallest absolute Gasteiger partial charge is 0.179 e. The van der Waals surface area contributed by atoms with Crippen LogP contribution in [0.15, 0.2) is 24.3 Å². The molecule has 0 fully saturated rings. The SMILES string of the molecule is CC(NC(C)(C)CO)C(=O)c1ccc(C(C)(C)C)cc1. The molecular weight excluding hydrogens is 250 g/mol. The van der Waals surface area contributed by atoms with E-state index in [1.807, 2.05) is 45.0 Å². The van der Waals surface area contributed by atoms with Gasteiger partial charge in [0.25, 0.3) is 0 Å². The van der Waals surface area contributed by atoms with Crippen molar-refractivity contribution in [3.8, 4) is 0 Å². The Balaban J connectivity index is 2.83. The summed E-state index contributed by atoms with van der Waals surface area (Å²) in [5, 5.41) is 12.4. The van der Waals surface area contributed by atoms with Gasteiger partial charge in [-0.1, -0.05) is 45.0 Å². The number of hydrogen-bond donors (Lipinski definition) is 2. The topological polar surface area (TPSA) is 49.3 Å². The van der Waals surface area contributed by atoms with Crippen molar-refractivity contribution in [2.24, 2.45) is 0 Å². The number of aliphatic hydroxyl groups excluding tert-OH is 1. The number of nitrogens with one attached hydrogen (secondary N) is 1. The van der Waals surface area contributed by atoms with Crippen LogP contribution in [0.2, 0.25) is 0 Å². The van der Waals surface area contributed by atoms with Crippen LogP contribution >= 0.6 is 0 Å². The van der Waals surface area contributed by atoms with Crippen LogP contribution in [0, 0.1) is 0 Å². The Bertz CT molecular complexity index is 455. The maximum atomic E-state index is 12.4. The van der Waals surface area contributed by atoms with E-state index in [1.54, 1.807) is 0 Å². The van der Waals surface area contributed by atoms with Gasteiger partial charge in [0.1, 0.15) is 0 Å². The van der Waals surface area contributed by atoms with E-state index in [4.69, 9.17) is 0 Å². The van der Waals surface area contributed by atoms with Crippen molar-refractivity contribution in [2.45, 2.75) is 58.5 Å². The molecule has 1 aromatic rings. The van der Waals surface area contributed by atoms with Gasteiger partial charge in [0, 0.05) is 11.1 Å². The maximum Gasteiger partial charge on any atom is 0.179 e. The number of ketones is 1. The Kier molecular flexibility index (Phi) is 5.11. The van der Waals surface area contributed by atoms with E-state index in [2.05, 4.69) is 26.1 Å². The summed E-state index contributed by atoms with van der Waals surface area (Å²) in [4.78, 5) is 12.4. The minimum atomic E-state index is -0.458. The van der Waals surface area contributed by atoms with Crippen molar-refractivity contribution in [1.29, 1.82) is 0 Å². The number of Topliss-reactive ketones (excluding diaryl/α,β-unsaturated/α-hetero) is 1. The monoisotopic (exact) mass is 277 g/mol. The highest BCUT2D eigenvalue weighted by atomic mass is 16.3. The van der Waals surface area contributed by atoms with Gasteiger partial charge in [0.15, 0.2) is 5.78 Å². The molecule has 1 rings (SSSR count). The molecule has 0 amide bonds. The van der Waals surface area contributed by atoms with E-state index < -0.39 is 5.54 Å². The first-order valence-corrected chi connectivity index (χ1v) is 7.10. The highest BCUT2D eigenvalue weighted by molar-refractivity contribution is 5.99. The summed E-state index contributed by atoms with van der Waals surface area (Å²) < 4.78 is 0. The van der Waals surface area contributed by atoms with Crippen LogP contribution in [0.5, 0.6) is 0 Å². The van der Waals surface area contributed by atoms with Crippen LogP contribution in [0.1, 0.15) is 57.5 Å². The van der Waals surface area contributed by atoms with Crippen LogP contribution in [-0.4, -0.2) is 29.1 Å². The fourth-order valence-electron chi connectivity index (χ4n) is 2.08. The van der Waals surface area contributed by atoms with E-state index in [-0.39, 0.29) is 23.8 Å². The minimum Gasteiger partial charge on any atom is -0.394 e. The Morgan fingerprint density at radius 1 is 1.15 bits per heavy atom. The zero-order chi connectivity index (χ0) is 15.6. The zero-order valence-corrected chi connectivity index (χ0v) is 13.4. The standard InChI is InChI=1S/C17H27NO2/c1-12(18-17(5,6)11-19)15(20)13-7-9-14(10-8-13)16(2,3)4/h7-10,12,18-19H,11H2,1-6H3. The van der Waals surface area contributed by atoms with Crippen molar-refractivity contribution in [3.05, 3.63) is 35.4 Å². The molecule has 20 heavy (non-hydrogen) atoms. The molecule has 0 aliphatic carbocycles. The number of carbonyl (C=O) groups excluding carboxylic acids is 1. The van der Waals surface area contributed by atoms with E-state index in [1.165, 1.54) is 5.56 Å². The first-order chi connectivity index (χ1) is 9.07. The lowest BCUT2D eigenvalue weighted by Crippen LogP contribution is -2.50. The largest absolute Gasteiger partial charge is 0.394 e. The molecule has 1 atom stereocenters. The molecule has 0 aromatic heterocycles. The summed E-state index contributed by atoms with van der Waals surface area (Å²) in [7, 11) is 0. The van der Waals surface area contributed by atoms with Crippen LogP contribution in [0.4, 0.5) is 0 Å². The molecule has 0 aliphatic rings. The summed E-state index contributed by atoms with van der Waals surface area (Å²) >= 11 is 0. The number of hydrogen-bond acceptors (Lipinski definition) is 3. The van der Waals surface area contributed by atoms with E-state index >= 15 is 0 Å². The van der Waals surface area contributed by atoms with Crippen molar-refractivity contribution in [3.63, 3.8) is 0 Å². The predicted molar refractivity (Wildman–Crippen MR) is 83.2 cm³/mol. The van der Waals surface area contributed by atoms with Gasteiger partial charge in [-0.25, -0.2) is 0 Å². The molecule has 0 saturated heterocycles. The van der Waals surface area contributed by atoms with Gasteiger partial charge >= 0.3 is 0 Å². The normalized spacial score (nSPS) is 14.2. The molecule has 0 bridgehead atoms. The summed E-state index contributed by atoms with van der Waals surface area (Å²) in [5.74, 6) is 0.0481. The van der Waals surface area contributed by atoms with Gasteiger partial charge in [0.2, 0.25) is 0 Å². The lowest BCUT2D eigenvalue weighted by molar-refractivity contribution is 0.0911. The average molecular weight is 277 g/mol. The van der Waals surface area contributed by atoms with Crippen molar-refractivity contribution in [1.82, 2.24) is 5.32 Å². The Hall–Kier alpha value is -1.19. The molecule has 0 aliphatic heterocycles. The third kappa shape index (κ3) is 4.43. The fraction of sp³-hybridized carbons (Fsp3) is 0.588. The fourth-order valence-corrected chi connectivity index (χ4v) is 2.08. The van der Waals surface area contributed by atoms with Crippen LogP contribution < -0.4 is 5.32 Å². The Labute approximate surface area is 122 Å². The highest BCUT2D eigenvalue weighted by Gasteiger charge is 2.24. The van der Waals surface area contributed by atoms with Gasteiger partial charge in [-0.2, -0.15) is 0 Å². The third-order valence-corrected chi connectivity index (χ3v) is 3.43. The molecule has 0 saturated carbocycles. The minimum absolute atomic E-state index is 0.00637. The van der Waals surface area contributed by atoms with Gasteiger partial charge < -0.3 is 10.4 Å². The number of aliphatic hydroxyl groups is 1.